The highest BCUT2D eigenvalue weighted by Gasteiger charge is 2.02. The first-order chi connectivity index (χ1) is 5.06. The van der Waals surface area contributed by atoms with E-state index in [0.29, 0.717) is 0 Å². The van der Waals surface area contributed by atoms with E-state index in [1.54, 1.807) is 6.92 Å². The highest BCUT2D eigenvalue weighted by molar-refractivity contribution is 5.87. The topological polar surface area (TPSA) is 69.6 Å². The lowest BCUT2D eigenvalue weighted by atomic mass is 10.3. The van der Waals surface area contributed by atoms with E-state index in [0.717, 1.165) is 6.08 Å². The highest BCUT2D eigenvalue weighted by atomic mass is 16.3. The second-order valence-corrected chi connectivity index (χ2v) is 2.38. The van der Waals surface area contributed by atoms with Crippen LogP contribution >= 0.6 is 0 Å². The molecule has 1 unspecified atom stereocenters. The largest absolute Gasteiger partial charge is 0.512 e. The maximum absolute atomic E-state index is 10.8. The minimum atomic E-state index is -0.397. The summed E-state index contributed by atoms with van der Waals surface area (Å²) < 4.78 is 0. The summed E-state index contributed by atoms with van der Waals surface area (Å²) in [5.74, 6) is -0.445. The Morgan fingerprint density at radius 3 is 2.64 bits per heavy atom. The quantitative estimate of drug-likeness (QED) is 0.399. The number of carbonyl (C=O) groups excluding carboxylic acids is 1. The van der Waals surface area contributed by atoms with Gasteiger partial charge in [0, 0.05) is 12.1 Å². The molecule has 0 saturated heterocycles. The molecule has 0 aliphatic heterocycles. The zero-order valence-electron chi connectivity index (χ0n) is 6.66. The van der Waals surface area contributed by atoms with Crippen molar-refractivity contribution >= 4 is 5.91 Å². The van der Waals surface area contributed by atoms with Crippen molar-refractivity contribution in [2.45, 2.75) is 19.9 Å². The van der Waals surface area contributed by atoms with Gasteiger partial charge in [0.25, 0.3) is 0 Å². The van der Waals surface area contributed by atoms with Gasteiger partial charge in [-0.25, -0.2) is 0 Å². The van der Waals surface area contributed by atoms with Gasteiger partial charge in [-0.3, -0.25) is 4.79 Å². The van der Waals surface area contributed by atoms with Crippen molar-refractivity contribution in [1.82, 2.24) is 5.32 Å². The van der Waals surface area contributed by atoms with E-state index >= 15 is 0 Å². The molecule has 0 aliphatic carbocycles. The van der Waals surface area contributed by atoms with Gasteiger partial charge in [0.2, 0.25) is 5.91 Å². The Kier molecular flexibility index (Phi) is 4.29. The second-order valence-electron chi connectivity index (χ2n) is 2.38. The average molecular weight is 159 g/mol. The van der Waals surface area contributed by atoms with Crippen molar-refractivity contribution in [3.63, 3.8) is 0 Å². The molecule has 0 aromatic carbocycles. The van der Waals surface area contributed by atoms with Crippen LogP contribution in [0.15, 0.2) is 11.8 Å². The number of nitrogens with one attached hydrogen (secondary N) is 1. The van der Waals surface area contributed by atoms with Crippen molar-refractivity contribution in [3.05, 3.63) is 11.8 Å². The predicted molar refractivity (Wildman–Crippen MR) is 41.1 cm³/mol. The molecule has 0 radical (unpaired) electrons. The van der Waals surface area contributed by atoms with Crippen molar-refractivity contribution in [2.24, 2.45) is 0 Å². The van der Waals surface area contributed by atoms with Gasteiger partial charge in [0.15, 0.2) is 0 Å². The fourth-order valence-electron chi connectivity index (χ4n) is 0.520. The van der Waals surface area contributed by atoms with E-state index in [-0.39, 0.29) is 18.4 Å². The van der Waals surface area contributed by atoms with Gasteiger partial charge in [-0.05, 0) is 13.8 Å². The Balaban J connectivity index is 3.79. The van der Waals surface area contributed by atoms with Crippen molar-refractivity contribution in [3.8, 4) is 0 Å². The summed E-state index contributed by atoms with van der Waals surface area (Å²) in [6.07, 6.45) is 1.06. The SMILES string of the molecule is CC(O)=CC(=O)NC(C)CO. The Morgan fingerprint density at radius 2 is 2.27 bits per heavy atom. The van der Waals surface area contributed by atoms with Crippen LogP contribution in [-0.4, -0.2) is 28.8 Å². The summed E-state index contributed by atoms with van der Waals surface area (Å²) in [5, 5.41) is 19.6. The summed E-state index contributed by atoms with van der Waals surface area (Å²) >= 11 is 0. The number of amides is 1. The number of rotatable bonds is 3. The molecule has 4 nitrogen and oxygen atoms in total. The van der Waals surface area contributed by atoms with Crippen LogP contribution in [-0.2, 0) is 4.79 Å². The summed E-state index contributed by atoms with van der Waals surface area (Å²) in [7, 11) is 0. The van der Waals surface area contributed by atoms with Crippen LogP contribution in [0.1, 0.15) is 13.8 Å². The molecule has 0 bridgehead atoms. The Morgan fingerprint density at radius 1 is 1.73 bits per heavy atom. The average Bonchev–Trinajstić information content (AvgIpc) is 1.85. The second kappa shape index (κ2) is 4.73. The smallest absolute Gasteiger partial charge is 0.247 e. The van der Waals surface area contributed by atoms with E-state index in [4.69, 9.17) is 10.2 Å². The summed E-state index contributed by atoms with van der Waals surface area (Å²) in [6.45, 7) is 2.96. The van der Waals surface area contributed by atoms with E-state index in [2.05, 4.69) is 5.32 Å². The minimum Gasteiger partial charge on any atom is -0.512 e. The van der Waals surface area contributed by atoms with Gasteiger partial charge in [-0.15, -0.1) is 0 Å². The van der Waals surface area contributed by atoms with Gasteiger partial charge in [0.05, 0.1) is 12.4 Å². The molecule has 0 aliphatic rings. The molecule has 1 atom stereocenters. The van der Waals surface area contributed by atoms with E-state index in [1.165, 1.54) is 6.92 Å². The zero-order valence-corrected chi connectivity index (χ0v) is 6.66. The summed E-state index contributed by atoms with van der Waals surface area (Å²) in [5.41, 5.74) is 0. The molecule has 4 heteroatoms. The maximum Gasteiger partial charge on any atom is 0.247 e. The molecule has 3 N–H and O–H groups in total. The first-order valence-corrected chi connectivity index (χ1v) is 3.35. The number of allylic oxidation sites excluding steroid dienone is 1. The molecule has 0 rings (SSSR count). The summed E-state index contributed by atoms with van der Waals surface area (Å²) in [4.78, 5) is 10.8. The third kappa shape index (κ3) is 5.42. The van der Waals surface area contributed by atoms with Crippen LogP contribution in [0, 0.1) is 0 Å². The fraction of sp³-hybridized carbons (Fsp3) is 0.571. The number of carbonyl (C=O) groups is 1. The number of hydrogen-bond acceptors (Lipinski definition) is 3. The van der Waals surface area contributed by atoms with E-state index in [1.807, 2.05) is 0 Å². The molecule has 64 valence electrons. The molecule has 0 aromatic heterocycles. The third-order valence-electron chi connectivity index (χ3n) is 1.00. The van der Waals surface area contributed by atoms with E-state index in [9.17, 15) is 4.79 Å². The molecule has 0 aromatic rings. The lowest BCUT2D eigenvalue weighted by Crippen LogP contribution is -2.33. The predicted octanol–water partition coefficient (Wildman–Crippen LogP) is -0.0548. The van der Waals surface area contributed by atoms with Crippen LogP contribution < -0.4 is 5.32 Å². The van der Waals surface area contributed by atoms with Crippen molar-refractivity contribution in [1.29, 1.82) is 0 Å². The highest BCUT2D eigenvalue weighted by Crippen LogP contribution is 1.85. The van der Waals surface area contributed by atoms with Crippen molar-refractivity contribution < 1.29 is 15.0 Å². The van der Waals surface area contributed by atoms with Gasteiger partial charge >= 0.3 is 0 Å². The zero-order chi connectivity index (χ0) is 8.85. The number of aliphatic hydroxyl groups excluding tert-OH is 2. The lowest BCUT2D eigenvalue weighted by Gasteiger charge is -2.07. The van der Waals surface area contributed by atoms with Crippen LogP contribution in [0.5, 0.6) is 0 Å². The van der Waals surface area contributed by atoms with Crippen molar-refractivity contribution in [2.75, 3.05) is 6.61 Å². The number of hydrogen-bond donors (Lipinski definition) is 3. The first-order valence-electron chi connectivity index (χ1n) is 3.35. The molecule has 0 fully saturated rings. The normalized spacial score (nSPS) is 14.3. The Bertz CT molecular complexity index is 161. The number of aliphatic hydroxyl groups is 2. The van der Waals surface area contributed by atoms with Gasteiger partial charge in [-0.1, -0.05) is 0 Å². The molecular weight excluding hydrogens is 146 g/mol. The first kappa shape index (κ1) is 9.97. The summed E-state index contributed by atoms with van der Waals surface area (Å²) in [6, 6.07) is -0.280. The molecule has 0 saturated carbocycles. The molecule has 0 spiro atoms. The lowest BCUT2D eigenvalue weighted by molar-refractivity contribution is -0.117. The molecule has 0 heterocycles. The Labute approximate surface area is 65.5 Å². The maximum atomic E-state index is 10.8. The van der Waals surface area contributed by atoms with Gasteiger partial charge in [-0.2, -0.15) is 0 Å². The fourth-order valence-corrected chi connectivity index (χ4v) is 0.520. The van der Waals surface area contributed by atoms with Gasteiger partial charge < -0.3 is 15.5 Å². The third-order valence-corrected chi connectivity index (χ3v) is 1.00. The van der Waals surface area contributed by atoms with E-state index < -0.39 is 5.91 Å². The van der Waals surface area contributed by atoms with Crippen LogP contribution in [0.4, 0.5) is 0 Å². The molecular formula is C7H13NO3. The standard InChI is InChI=1S/C7H13NO3/c1-5(4-9)8-7(11)3-6(2)10/h3,5,9-10H,4H2,1-2H3,(H,8,11). The Hall–Kier alpha value is -1.03. The van der Waals surface area contributed by atoms with Crippen LogP contribution in [0.3, 0.4) is 0 Å². The monoisotopic (exact) mass is 159 g/mol. The molecule has 1 amide bonds. The van der Waals surface area contributed by atoms with Crippen LogP contribution in [0.2, 0.25) is 0 Å². The minimum absolute atomic E-state index is 0.0485. The van der Waals surface area contributed by atoms with Gasteiger partial charge in [0.1, 0.15) is 0 Å². The van der Waals surface area contributed by atoms with Crippen LogP contribution in [0.25, 0.3) is 0 Å². The molecule has 11 heavy (non-hydrogen) atoms.